The first-order valence-corrected chi connectivity index (χ1v) is 7.97. The van der Waals surface area contributed by atoms with Gasteiger partial charge in [-0.05, 0) is 42.2 Å². The monoisotopic (exact) mass is 295 g/mol. The number of hydrogen-bond acceptors (Lipinski definition) is 6. The molecule has 0 amide bonds. The predicted molar refractivity (Wildman–Crippen MR) is 81.0 cm³/mol. The molecule has 0 unspecified atom stereocenters. The molecule has 0 spiro atoms. The van der Waals surface area contributed by atoms with Crippen molar-refractivity contribution in [3.8, 4) is 5.75 Å². The molecule has 0 saturated carbocycles. The van der Waals surface area contributed by atoms with Gasteiger partial charge in [0.25, 0.3) is 0 Å². The van der Waals surface area contributed by atoms with Crippen molar-refractivity contribution in [3.05, 3.63) is 30.1 Å². The van der Waals surface area contributed by atoms with E-state index in [4.69, 9.17) is 10.5 Å². The standard InChI is InChI=1S/C13H17N3OS2/c1-2-12-15-13(19-16-12)18-9-3-8-17-11-6-4-10(14)5-7-11/h4-7H,2-3,8-9,14H2,1H3. The first kappa shape index (κ1) is 14.1. The molecule has 0 atom stereocenters. The first-order chi connectivity index (χ1) is 9.28. The highest BCUT2D eigenvalue weighted by Gasteiger charge is 2.02. The van der Waals surface area contributed by atoms with E-state index < -0.39 is 0 Å². The Labute approximate surface area is 121 Å². The topological polar surface area (TPSA) is 61.0 Å². The zero-order chi connectivity index (χ0) is 13.5. The number of ether oxygens (including phenoxy) is 1. The van der Waals surface area contributed by atoms with Crippen LogP contribution in [0.2, 0.25) is 0 Å². The molecule has 1 aromatic heterocycles. The molecule has 0 fully saturated rings. The quantitative estimate of drug-likeness (QED) is 0.483. The molecular formula is C13H17N3OS2. The number of nitrogen functional groups attached to an aromatic ring is 1. The largest absolute Gasteiger partial charge is 0.494 e. The van der Waals surface area contributed by atoms with Crippen LogP contribution in [0.3, 0.4) is 0 Å². The molecule has 0 bridgehead atoms. The summed E-state index contributed by atoms with van der Waals surface area (Å²) in [5, 5.41) is 0. The molecule has 0 aliphatic heterocycles. The van der Waals surface area contributed by atoms with E-state index in [2.05, 4.69) is 16.3 Å². The van der Waals surface area contributed by atoms with Gasteiger partial charge in [-0.2, -0.15) is 4.37 Å². The first-order valence-electron chi connectivity index (χ1n) is 6.21. The van der Waals surface area contributed by atoms with Crippen molar-refractivity contribution in [2.75, 3.05) is 18.1 Å². The Morgan fingerprint density at radius 1 is 1.32 bits per heavy atom. The Bertz CT molecular complexity index is 499. The molecule has 0 radical (unpaired) electrons. The number of thioether (sulfide) groups is 1. The molecular weight excluding hydrogens is 278 g/mol. The smallest absolute Gasteiger partial charge is 0.170 e. The van der Waals surface area contributed by atoms with Crippen LogP contribution in [0.4, 0.5) is 5.69 Å². The van der Waals surface area contributed by atoms with Crippen molar-refractivity contribution in [3.63, 3.8) is 0 Å². The van der Waals surface area contributed by atoms with Crippen molar-refractivity contribution < 1.29 is 4.74 Å². The van der Waals surface area contributed by atoms with Gasteiger partial charge in [-0.3, -0.25) is 0 Å². The molecule has 0 aliphatic carbocycles. The molecule has 1 aromatic carbocycles. The lowest BCUT2D eigenvalue weighted by atomic mass is 10.3. The predicted octanol–water partition coefficient (Wildman–Crippen LogP) is 3.24. The minimum absolute atomic E-state index is 0.705. The minimum Gasteiger partial charge on any atom is -0.494 e. The van der Waals surface area contributed by atoms with Crippen molar-refractivity contribution in [2.45, 2.75) is 24.1 Å². The molecule has 2 N–H and O–H groups in total. The summed E-state index contributed by atoms with van der Waals surface area (Å²) in [6.07, 6.45) is 1.88. The Hall–Kier alpha value is -1.27. The highest BCUT2D eigenvalue weighted by Crippen LogP contribution is 2.21. The van der Waals surface area contributed by atoms with Gasteiger partial charge in [0.1, 0.15) is 11.6 Å². The summed E-state index contributed by atoms with van der Waals surface area (Å²) < 4.78 is 10.9. The highest BCUT2D eigenvalue weighted by molar-refractivity contribution is 8.00. The second-order valence-corrected chi connectivity index (χ2v) is 6.04. The van der Waals surface area contributed by atoms with Crippen LogP contribution in [0.15, 0.2) is 28.6 Å². The summed E-state index contributed by atoms with van der Waals surface area (Å²) in [4.78, 5) is 4.41. The number of nitrogens with two attached hydrogens (primary N) is 1. The Morgan fingerprint density at radius 2 is 2.11 bits per heavy atom. The highest BCUT2D eigenvalue weighted by atomic mass is 32.2. The van der Waals surface area contributed by atoms with Gasteiger partial charge in [-0.1, -0.05) is 18.7 Å². The third-order valence-corrected chi connectivity index (χ3v) is 4.39. The van der Waals surface area contributed by atoms with E-state index in [0.717, 1.165) is 40.2 Å². The van der Waals surface area contributed by atoms with E-state index in [1.54, 1.807) is 11.8 Å². The van der Waals surface area contributed by atoms with E-state index in [9.17, 15) is 0 Å². The molecule has 102 valence electrons. The van der Waals surface area contributed by atoms with Gasteiger partial charge in [-0.25, -0.2) is 4.98 Å². The molecule has 6 heteroatoms. The van der Waals surface area contributed by atoms with Crippen molar-refractivity contribution in [2.24, 2.45) is 0 Å². The Morgan fingerprint density at radius 3 is 2.79 bits per heavy atom. The van der Waals surface area contributed by atoms with Crippen molar-refractivity contribution in [1.82, 2.24) is 9.36 Å². The van der Waals surface area contributed by atoms with E-state index >= 15 is 0 Å². The molecule has 0 aliphatic rings. The Kier molecular flexibility index (Phi) is 5.47. The number of hydrogen-bond donors (Lipinski definition) is 1. The maximum Gasteiger partial charge on any atom is 0.170 e. The number of benzene rings is 1. The fraction of sp³-hybridized carbons (Fsp3) is 0.385. The zero-order valence-electron chi connectivity index (χ0n) is 10.8. The SMILES string of the molecule is CCc1nsc(SCCCOc2ccc(N)cc2)n1. The fourth-order valence-electron chi connectivity index (χ4n) is 1.41. The van der Waals surface area contributed by atoms with Gasteiger partial charge in [0.05, 0.1) is 6.61 Å². The van der Waals surface area contributed by atoms with Gasteiger partial charge >= 0.3 is 0 Å². The van der Waals surface area contributed by atoms with Gasteiger partial charge < -0.3 is 10.5 Å². The molecule has 2 aromatic rings. The molecule has 0 saturated heterocycles. The summed E-state index contributed by atoms with van der Waals surface area (Å²) in [6, 6.07) is 7.47. The third kappa shape index (κ3) is 4.72. The van der Waals surface area contributed by atoms with Crippen LogP contribution in [0.1, 0.15) is 19.2 Å². The van der Waals surface area contributed by atoms with Crippen molar-refractivity contribution in [1.29, 1.82) is 0 Å². The lowest BCUT2D eigenvalue weighted by molar-refractivity contribution is 0.319. The summed E-state index contributed by atoms with van der Waals surface area (Å²) in [5.74, 6) is 2.79. The van der Waals surface area contributed by atoms with Gasteiger partial charge in [0.2, 0.25) is 0 Å². The molecule has 19 heavy (non-hydrogen) atoms. The van der Waals surface area contributed by atoms with Crippen LogP contribution in [-0.4, -0.2) is 21.7 Å². The average molecular weight is 295 g/mol. The van der Waals surface area contributed by atoms with Crippen LogP contribution in [0.5, 0.6) is 5.75 Å². The van der Waals surface area contributed by atoms with E-state index in [1.165, 1.54) is 11.5 Å². The van der Waals surface area contributed by atoms with Crippen LogP contribution in [0, 0.1) is 0 Å². The zero-order valence-corrected chi connectivity index (χ0v) is 12.5. The molecule has 2 rings (SSSR count). The Balaban J connectivity index is 1.63. The van der Waals surface area contributed by atoms with Crippen LogP contribution in [-0.2, 0) is 6.42 Å². The lowest BCUT2D eigenvalue weighted by Gasteiger charge is -2.05. The summed E-state index contributed by atoms with van der Waals surface area (Å²) >= 11 is 3.22. The number of nitrogens with zero attached hydrogens (tertiary/aromatic N) is 2. The molecule has 4 nitrogen and oxygen atoms in total. The van der Waals surface area contributed by atoms with Crippen LogP contribution in [0.25, 0.3) is 0 Å². The summed E-state index contributed by atoms with van der Waals surface area (Å²) in [5.41, 5.74) is 6.37. The number of aryl methyl sites for hydroxylation is 1. The van der Waals surface area contributed by atoms with Crippen LogP contribution >= 0.6 is 23.3 Å². The molecule has 1 heterocycles. The second kappa shape index (κ2) is 7.35. The maximum atomic E-state index is 5.62. The third-order valence-electron chi connectivity index (χ3n) is 2.43. The average Bonchev–Trinajstić information content (AvgIpc) is 2.88. The van der Waals surface area contributed by atoms with E-state index in [0.29, 0.717) is 6.61 Å². The van der Waals surface area contributed by atoms with Gasteiger partial charge in [0.15, 0.2) is 4.34 Å². The van der Waals surface area contributed by atoms with Crippen molar-refractivity contribution >= 4 is 29.0 Å². The fourth-order valence-corrected chi connectivity index (χ4v) is 3.09. The minimum atomic E-state index is 0.705. The number of rotatable bonds is 7. The van der Waals surface area contributed by atoms with Gasteiger partial charge in [0, 0.05) is 17.9 Å². The normalized spacial score (nSPS) is 10.6. The number of anilines is 1. The number of aromatic nitrogens is 2. The van der Waals surface area contributed by atoms with Crippen LogP contribution < -0.4 is 10.5 Å². The second-order valence-electron chi connectivity index (χ2n) is 3.95. The van der Waals surface area contributed by atoms with E-state index in [-0.39, 0.29) is 0 Å². The maximum absolute atomic E-state index is 5.62. The van der Waals surface area contributed by atoms with Gasteiger partial charge in [-0.15, -0.1) is 0 Å². The summed E-state index contributed by atoms with van der Waals surface area (Å²) in [6.45, 7) is 2.77. The lowest BCUT2D eigenvalue weighted by Crippen LogP contribution is -1.98. The summed E-state index contributed by atoms with van der Waals surface area (Å²) in [7, 11) is 0. The van der Waals surface area contributed by atoms with E-state index in [1.807, 2.05) is 24.3 Å².